The molecule has 0 aliphatic rings. The molecule has 8 heteroatoms. The van der Waals surface area contributed by atoms with Crippen molar-refractivity contribution in [3.63, 3.8) is 0 Å². The molecule has 2 rings (SSSR count). The Bertz CT molecular complexity index is 616. The third-order valence-corrected chi connectivity index (χ3v) is 3.76. The van der Waals surface area contributed by atoms with Gasteiger partial charge in [-0.05, 0) is 28.1 Å². The van der Waals surface area contributed by atoms with Gasteiger partial charge in [0.05, 0.1) is 21.5 Å². The minimum absolute atomic E-state index is 0.134. The summed E-state index contributed by atoms with van der Waals surface area (Å²) in [5, 5.41) is 13.5. The van der Waals surface area contributed by atoms with Crippen molar-refractivity contribution >= 4 is 38.9 Å². The first-order valence-corrected chi connectivity index (χ1v) is 6.84. The molecule has 0 fully saturated rings. The molecule has 98 valence electrons. The van der Waals surface area contributed by atoms with Gasteiger partial charge in [-0.2, -0.15) is 0 Å². The summed E-state index contributed by atoms with van der Waals surface area (Å²) >= 11 is 4.50. The zero-order valence-corrected chi connectivity index (χ0v) is 11.9. The maximum absolute atomic E-state index is 11.9. The number of nitro benzene ring substituents is 1. The van der Waals surface area contributed by atoms with E-state index in [1.165, 1.54) is 29.5 Å². The Labute approximate surface area is 120 Å². The lowest BCUT2D eigenvalue weighted by Crippen LogP contribution is -2.22. The quantitative estimate of drug-likeness (QED) is 0.684. The highest BCUT2D eigenvalue weighted by Crippen LogP contribution is 2.25. The average molecular weight is 342 g/mol. The van der Waals surface area contributed by atoms with Gasteiger partial charge < -0.3 is 5.32 Å². The second-order valence-electron chi connectivity index (χ2n) is 3.57. The molecule has 0 atom stereocenters. The van der Waals surface area contributed by atoms with Gasteiger partial charge in [0.1, 0.15) is 0 Å². The number of thiazole rings is 1. The van der Waals surface area contributed by atoms with E-state index in [0.717, 1.165) is 4.88 Å². The number of aromatic nitrogens is 1. The van der Waals surface area contributed by atoms with Crippen molar-refractivity contribution in [2.45, 2.75) is 6.54 Å². The Balaban J connectivity index is 2.11. The molecule has 0 unspecified atom stereocenters. The van der Waals surface area contributed by atoms with Gasteiger partial charge in [-0.15, -0.1) is 11.3 Å². The molecule has 0 aliphatic carbocycles. The van der Waals surface area contributed by atoms with Crippen molar-refractivity contribution in [3.8, 4) is 0 Å². The van der Waals surface area contributed by atoms with Crippen LogP contribution < -0.4 is 5.32 Å². The Morgan fingerprint density at radius 2 is 2.32 bits per heavy atom. The van der Waals surface area contributed by atoms with E-state index in [1.54, 1.807) is 11.7 Å². The van der Waals surface area contributed by atoms with Crippen LogP contribution >= 0.6 is 27.3 Å². The van der Waals surface area contributed by atoms with Crippen LogP contribution in [0.2, 0.25) is 0 Å². The number of nitro groups is 1. The summed E-state index contributed by atoms with van der Waals surface area (Å²) in [6.07, 6.45) is 1.66. The van der Waals surface area contributed by atoms with E-state index in [4.69, 9.17) is 0 Å². The molecule has 0 saturated heterocycles. The van der Waals surface area contributed by atoms with Gasteiger partial charge in [0.2, 0.25) is 0 Å². The van der Waals surface area contributed by atoms with Crippen molar-refractivity contribution in [1.82, 2.24) is 10.3 Å². The van der Waals surface area contributed by atoms with E-state index < -0.39 is 4.92 Å². The smallest absolute Gasteiger partial charge is 0.284 e. The Morgan fingerprint density at radius 1 is 1.53 bits per heavy atom. The highest BCUT2D eigenvalue weighted by Gasteiger charge is 2.15. The molecule has 2 aromatic rings. The molecule has 19 heavy (non-hydrogen) atoms. The maximum atomic E-state index is 11.9. The van der Waals surface area contributed by atoms with Crippen LogP contribution in [0.3, 0.4) is 0 Å². The lowest BCUT2D eigenvalue weighted by atomic mass is 10.2. The minimum Gasteiger partial charge on any atom is -0.347 e. The summed E-state index contributed by atoms with van der Waals surface area (Å²) in [6.45, 7) is 0.355. The molecule has 6 nitrogen and oxygen atoms in total. The number of carbonyl (C=O) groups excluding carboxylic acids is 1. The van der Waals surface area contributed by atoms with E-state index >= 15 is 0 Å². The number of amides is 1. The number of halogens is 1. The molecule has 1 aromatic carbocycles. The second-order valence-corrected chi connectivity index (χ2v) is 5.40. The minimum atomic E-state index is -0.538. The van der Waals surface area contributed by atoms with E-state index in [9.17, 15) is 14.9 Å². The van der Waals surface area contributed by atoms with Crippen molar-refractivity contribution in [1.29, 1.82) is 0 Å². The second kappa shape index (κ2) is 5.89. The first-order valence-electron chi connectivity index (χ1n) is 5.17. The highest BCUT2D eigenvalue weighted by molar-refractivity contribution is 9.10. The van der Waals surface area contributed by atoms with Crippen LogP contribution in [0.4, 0.5) is 5.69 Å². The normalized spacial score (nSPS) is 10.2. The standard InChI is InChI=1S/C11H8BrN3O3S/c12-9-2-1-7(3-10(9)15(17)18)11(16)14-5-8-4-13-6-19-8/h1-4,6H,5H2,(H,14,16). The number of hydrogen-bond acceptors (Lipinski definition) is 5. The molecule has 0 saturated carbocycles. The lowest BCUT2D eigenvalue weighted by molar-refractivity contribution is -0.385. The van der Waals surface area contributed by atoms with Crippen LogP contribution in [0.5, 0.6) is 0 Å². The number of nitrogens with zero attached hydrogens (tertiary/aromatic N) is 2. The van der Waals surface area contributed by atoms with Crippen molar-refractivity contribution in [2.24, 2.45) is 0 Å². The van der Waals surface area contributed by atoms with Crippen LogP contribution in [0, 0.1) is 10.1 Å². The molecule has 0 radical (unpaired) electrons. The highest BCUT2D eigenvalue weighted by atomic mass is 79.9. The van der Waals surface area contributed by atoms with Crippen LogP contribution in [0.25, 0.3) is 0 Å². The van der Waals surface area contributed by atoms with Gasteiger partial charge in [-0.25, -0.2) is 0 Å². The molecule has 0 spiro atoms. The first kappa shape index (κ1) is 13.6. The predicted molar refractivity (Wildman–Crippen MR) is 74.1 cm³/mol. The topological polar surface area (TPSA) is 85.1 Å². The summed E-state index contributed by atoms with van der Waals surface area (Å²) in [5.41, 5.74) is 1.79. The maximum Gasteiger partial charge on any atom is 0.284 e. The fourth-order valence-electron chi connectivity index (χ4n) is 1.39. The number of carbonyl (C=O) groups is 1. The molecule has 1 N–H and O–H groups in total. The fraction of sp³-hybridized carbons (Fsp3) is 0.0909. The molecule has 1 heterocycles. The summed E-state index contributed by atoms with van der Waals surface area (Å²) in [4.78, 5) is 26.9. The average Bonchev–Trinajstić information content (AvgIpc) is 2.89. The molecular formula is C11H8BrN3O3S. The molecule has 1 aromatic heterocycles. The number of nitrogens with one attached hydrogen (secondary N) is 1. The van der Waals surface area contributed by atoms with Gasteiger partial charge in [-0.1, -0.05) is 0 Å². The summed E-state index contributed by atoms with van der Waals surface area (Å²) in [5.74, 6) is -0.357. The Hall–Kier alpha value is -1.80. The largest absolute Gasteiger partial charge is 0.347 e. The summed E-state index contributed by atoms with van der Waals surface area (Å²) in [7, 11) is 0. The number of rotatable bonds is 4. The zero-order valence-electron chi connectivity index (χ0n) is 9.50. The molecular weight excluding hydrogens is 334 g/mol. The van der Waals surface area contributed by atoms with Gasteiger partial charge in [0.25, 0.3) is 11.6 Å². The van der Waals surface area contributed by atoms with Crippen molar-refractivity contribution in [2.75, 3.05) is 0 Å². The number of benzene rings is 1. The van der Waals surface area contributed by atoms with Crippen LogP contribution in [-0.2, 0) is 6.54 Å². The van der Waals surface area contributed by atoms with Gasteiger partial charge in [0.15, 0.2) is 0 Å². The van der Waals surface area contributed by atoms with E-state index in [2.05, 4.69) is 26.2 Å². The van der Waals surface area contributed by atoms with E-state index in [-0.39, 0.29) is 17.2 Å². The fourth-order valence-corrected chi connectivity index (χ4v) is 2.32. The summed E-state index contributed by atoms with van der Waals surface area (Å²) in [6, 6.07) is 4.25. The van der Waals surface area contributed by atoms with Gasteiger partial charge >= 0.3 is 0 Å². The third-order valence-electron chi connectivity index (χ3n) is 2.31. The summed E-state index contributed by atoms with van der Waals surface area (Å²) < 4.78 is 0.344. The van der Waals surface area contributed by atoms with Gasteiger partial charge in [-0.3, -0.25) is 19.9 Å². The van der Waals surface area contributed by atoms with Gasteiger partial charge in [0, 0.05) is 22.7 Å². The Morgan fingerprint density at radius 3 is 2.95 bits per heavy atom. The SMILES string of the molecule is O=C(NCc1cncs1)c1ccc(Br)c([N+](=O)[O-])c1. The van der Waals surface area contributed by atoms with Crippen molar-refractivity contribution in [3.05, 3.63) is 54.9 Å². The predicted octanol–water partition coefficient (Wildman–Crippen LogP) is 2.74. The van der Waals surface area contributed by atoms with Crippen molar-refractivity contribution < 1.29 is 9.72 Å². The molecule has 0 aliphatic heterocycles. The van der Waals surface area contributed by atoms with Crippen LogP contribution in [0.15, 0.2) is 34.4 Å². The number of hydrogen-bond donors (Lipinski definition) is 1. The Kier molecular flexibility index (Phi) is 4.23. The van der Waals surface area contributed by atoms with Crippen LogP contribution in [-0.4, -0.2) is 15.8 Å². The van der Waals surface area contributed by atoms with E-state index in [1.807, 2.05) is 0 Å². The molecule has 0 bridgehead atoms. The zero-order chi connectivity index (χ0) is 13.8. The lowest BCUT2D eigenvalue weighted by Gasteiger charge is -2.04. The monoisotopic (exact) mass is 341 g/mol. The van der Waals surface area contributed by atoms with Crippen LogP contribution in [0.1, 0.15) is 15.2 Å². The molecule has 1 amide bonds. The third kappa shape index (κ3) is 3.36. The van der Waals surface area contributed by atoms with E-state index in [0.29, 0.717) is 11.0 Å². The first-order chi connectivity index (χ1) is 9.08.